The van der Waals surface area contributed by atoms with E-state index < -0.39 is 0 Å². The molecule has 0 saturated heterocycles. The summed E-state index contributed by atoms with van der Waals surface area (Å²) in [5.74, 6) is 0.953. The Morgan fingerprint density at radius 2 is 2.06 bits per heavy atom. The van der Waals surface area contributed by atoms with Gasteiger partial charge in [0.25, 0.3) is 0 Å². The topological polar surface area (TPSA) is 33.6 Å². The van der Waals surface area contributed by atoms with Crippen LogP contribution in [0.3, 0.4) is 0 Å². The van der Waals surface area contributed by atoms with Crippen LogP contribution in [-0.4, -0.2) is 14.8 Å². The molecule has 0 aliphatic rings. The Balaban J connectivity index is 2.56. The van der Waals surface area contributed by atoms with Crippen molar-refractivity contribution in [3.8, 4) is 11.4 Å². The molecule has 0 bridgehead atoms. The van der Waals surface area contributed by atoms with Gasteiger partial charge in [0.15, 0.2) is 10.6 Å². The third-order valence-corrected chi connectivity index (χ3v) is 3.16. The Morgan fingerprint density at radius 1 is 1.29 bits per heavy atom. The average Bonchev–Trinajstić information content (AvgIpc) is 2.72. The normalized spacial score (nSPS) is 10.7. The van der Waals surface area contributed by atoms with Crippen LogP contribution in [0.15, 0.2) is 24.3 Å². The molecule has 0 spiro atoms. The van der Waals surface area contributed by atoms with Gasteiger partial charge >= 0.3 is 0 Å². The second-order valence-electron chi connectivity index (χ2n) is 4.01. The first-order chi connectivity index (χ1) is 8.27. The van der Waals surface area contributed by atoms with Gasteiger partial charge in [0.2, 0.25) is 0 Å². The first kappa shape index (κ1) is 12.0. The van der Waals surface area contributed by atoms with E-state index in [1.54, 1.807) is 0 Å². The van der Waals surface area contributed by atoms with Crippen molar-refractivity contribution in [3.63, 3.8) is 0 Å². The summed E-state index contributed by atoms with van der Waals surface area (Å²) in [6.07, 6.45) is 2.05. The van der Waals surface area contributed by atoms with Gasteiger partial charge in [0, 0.05) is 12.1 Å². The molecule has 0 radical (unpaired) electrons. The molecule has 4 heteroatoms. The highest BCUT2D eigenvalue weighted by molar-refractivity contribution is 7.71. The summed E-state index contributed by atoms with van der Waals surface area (Å²) in [6.45, 7) is 5.21. The van der Waals surface area contributed by atoms with E-state index in [9.17, 15) is 0 Å². The number of benzene rings is 1. The Morgan fingerprint density at radius 3 is 2.76 bits per heavy atom. The van der Waals surface area contributed by atoms with Crippen molar-refractivity contribution in [1.29, 1.82) is 0 Å². The quantitative estimate of drug-likeness (QED) is 0.838. The van der Waals surface area contributed by atoms with E-state index in [-0.39, 0.29) is 0 Å². The molecular weight excluding hydrogens is 230 g/mol. The summed E-state index contributed by atoms with van der Waals surface area (Å²) >= 11 is 5.26. The highest BCUT2D eigenvalue weighted by Crippen LogP contribution is 2.22. The molecule has 90 valence electrons. The number of hydrogen-bond acceptors (Lipinski definition) is 2. The molecular formula is C13H17N3S. The molecule has 0 saturated carbocycles. The molecule has 0 aliphatic carbocycles. The molecule has 0 aliphatic heterocycles. The van der Waals surface area contributed by atoms with Gasteiger partial charge in [-0.05, 0) is 30.6 Å². The largest absolute Gasteiger partial charge is 0.300 e. The molecule has 0 atom stereocenters. The van der Waals surface area contributed by atoms with Gasteiger partial charge in [-0.15, -0.1) is 0 Å². The lowest BCUT2D eigenvalue weighted by molar-refractivity contribution is 0.674. The number of aryl methyl sites for hydroxylation is 1. The van der Waals surface area contributed by atoms with Gasteiger partial charge in [0.1, 0.15) is 0 Å². The van der Waals surface area contributed by atoms with E-state index in [1.165, 1.54) is 11.1 Å². The van der Waals surface area contributed by atoms with E-state index in [4.69, 9.17) is 12.2 Å². The van der Waals surface area contributed by atoms with Crippen molar-refractivity contribution in [1.82, 2.24) is 14.8 Å². The minimum Gasteiger partial charge on any atom is -0.300 e. The maximum atomic E-state index is 5.26. The lowest BCUT2D eigenvalue weighted by Gasteiger charge is -2.08. The molecule has 0 unspecified atom stereocenters. The van der Waals surface area contributed by atoms with Crippen LogP contribution in [0.1, 0.15) is 25.8 Å². The molecule has 1 aromatic carbocycles. The predicted octanol–water partition coefficient (Wildman–Crippen LogP) is 3.58. The standard InChI is InChI=1S/C13H17N3S/c1-3-9-16-12(14-15-13(16)17)11-8-6-5-7-10(11)4-2/h5-8H,3-4,9H2,1-2H3,(H,15,17). The van der Waals surface area contributed by atoms with Crippen LogP contribution in [-0.2, 0) is 13.0 Å². The Kier molecular flexibility index (Phi) is 3.74. The Hall–Kier alpha value is -1.42. The van der Waals surface area contributed by atoms with Gasteiger partial charge in [0.05, 0.1) is 0 Å². The summed E-state index contributed by atoms with van der Waals surface area (Å²) in [6, 6.07) is 8.36. The lowest BCUT2D eigenvalue weighted by atomic mass is 10.0. The van der Waals surface area contributed by atoms with Crippen molar-refractivity contribution in [2.45, 2.75) is 33.2 Å². The Labute approximate surface area is 106 Å². The molecule has 2 rings (SSSR count). The van der Waals surface area contributed by atoms with Gasteiger partial charge in [-0.2, -0.15) is 5.10 Å². The van der Waals surface area contributed by atoms with Crippen molar-refractivity contribution >= 4 is 12.2 Å². The van der Waals surface area contributed by atoms with Crippen LogP contribution in [0.5, 0.6) is 0 Å². The highest BCUT2D eigenvalue weighted by atomic mass is 32.1. The van der Waals surface area contributed by atoms with Crippen LogP contribution in [0.4, 0.5) is 0 Å². The minimum atomic E-state index is 0.702. The first-order valence-electron chi connectivity index (χ1n) is 6.01. The summed E-state index contributed by atoms with van der Waals surface area (Å²) in [5, 5.41) is 7.25. The lowest BCUT2D eigenvalue weighted by Crippen LogP contribution is -2.01. The van der Waals surface area contributed by atoms with Crippen molar-refractivity contribution in [2.75, 3.05) is 0 Å². The second-order valence-corrected chi connectivity index (χ2v) is 4.40. The highest BCUT2D eigenvalue weighted by Gasteiger charge is 2.10. The second kappa shape index (κ2) is 5.27. The number of H-pyrrole nitrogens is 1. The Bertz CT molecular complexity index is 554. The molecule has 3 nitrogen and oxygen atoms in total. The number of rotatable bonds is 4. The van der Waals surface area contributed by atoms with Gasteiger partial charge < -0.3 is 4.57 Å². The number of nitrogens with one attached hydrogen (secondary N) is 1. The average molecular weight is 247 g/mol. The number of nitrogens with zero attached hydrogens (tertiary/aromatic N) is 2. The molecule has 1 N–H and O–H groups in total. The van der Waals surface area contributed by atoms with Crippen molar-refractivity contribution < 1.29 is 0 Å². The van der Waals surface area contributed by atoms with Crippen LogP contribution in [0.25, 0.3) is 11.4 Å². The fourth-order valence-corrected chi connectivity index (χ4v) is 2.22. The maximum absolute atomic E-state index is 5.26. The SMILES string of the molecule is CCCn1c(-c2ccccc2CC)n[nH]c1=S. The van der Waals surface area contributed by atoms with Crippen molar-refractivity contribution in [3.05, 3.63) is 34.6 Å². The molecule has 0 fully saturated rings. The van der Waals surface area contributed by atoms with E-state index in [0.29, 0.717) is 4.77 Å². The number of aromatic nitrogens is 3. The van der Waals surface area contributed by atoms with E-state index in [2.05, 4.69) is 46.8 Å². The fraction of sp³-hybridized carbons (Fsp3) is 0.385. The van der Waals surface area contributed by atoms with Crippen molar-refractivity contribution in [2.24, 2.45) is 0 Å². The van der Waals surface area contributed by atoms with Crippen LogP contribution in [0, 0.1) is 4.77 Å². The van der Waals surface area contributed by atoms with E-state index in [1.807, 2.05) is 6.07 Å². The van der Waals surface area contributed by atoms with Crippen LogP contribution in [0.2, 0.25) is 0 Å². The van der Waals surface area contributed by atoms with Gasteiger partial charge in [-0.3, -0.25) is 5.10 Å². The van der Waals surface area contributed by atoms with E-state index in [0.717, 1.165) is 25.2 Å². The number of aromatic amines is 1. The molecule has 17 heavy (non-hydrogen) atoms. The monoisotopic (exact) mass is 247 g/mol. The zero-order chi connectivity index (χ0) is 12.3. The smallest absolute Gasteiger partial charge is 0.195 e. The zero-order valence-electron chi connectivity index (χ0n) is 10.2. The first-order valence-corrected chi connectivity index (χ1v) is 6.42. The van der Waals surface area contributed by atoms with Gasteiger partial charge in [-0.1, -0.05) is 38.1 Å². The number of hydrogen-bond donors (Lipinski definition) is 1. The summed E-state index contributed by atoms with van der Waals surface area (Å²) < 4.78 is 2.77. The van der Waals surface area contributed by atoms with Crippen LogP contribution >= 0.6 is 12.2 Å². The summed E-state index contributed by atoms with van der Waals surface area (Å²) in [7, 11) is 0. The minimum absolute atomic E-state index is 0.702. The molecule has 2 aromatic rings. The van der Waals surface area contributed by atoms with Gasteiger partial charge in [-0.25, -0.2) is 0 Å². The fourth-order valence-electron chi connectivity index (χ4n) is 2.00. The predicted molar refractivity (Wildman–Crippen MR) is 72.5 cm³/mol. The van der Waals surface area contributed by atoms with Crippen LogP contribution < -0.4 is 0 Å². The summed E-state index contributed by atoms with van der Waals surface area (Å²) in [4.78, 5) is 0. The molecule has 0 amide bonds. The molecule has 1 aromatic heterocycles. The zero-order valence-corrected chi connectivity index (χ0v) is 11.0. The maximum Gasteiger partial charge on any atom is 0.195 e. The molecule has 1 heterocycles. The third kappa shape index (κ3) is 2.31. The summed E-state index contributed by atoms with van der Waals surface area (Å²) in [5.41, 5.74) is 2.48. The van der Waals surface area contributed by atoms with E-state index >= 15 is 0 Å². The third-order valence-electron chi connectivity index (χ3n) is 2.84.